The number of benzene rings is 2. The zero-order valence-corrected chi connectivity index (χ0v) is 22.1. The van der Waals surface area contributed by atoms with Gasteiger partial charge in [-0.2, -0.15) is 0 Å². The van der Waals surface area contributed by atoms with Gasteiger partial charge < -0.3 is 24.9 Å². The molecule has 0 aromatic heterocycles. The number of fused-ring (bicyclic) bond motifs is 1. The van der Waals surface area contributed by atoms with Crippen molar-refractivity contribution >= 4 is 40.7 Å². The number of amides is 3. The maximum Gasteiger partial charge on any atom is 0.264 e. The summed E-state index contributed by atoms with van der Waals surface area (Å²) in [5, 5.41) is 21.8. The molecule has 38 heavy (non-hydrogen) atoms. The van der Waals surface area contributed by atoms with Crippen molar-refractivity contribution in [3.8, 4) is 0 Å². The number of hydrogen-bond acceptors (Lipinski definition) is 5. The molecule has 0 unspecified atom stereocenters. The monoisotopic (exact) mass is 537 g/mol. The average molecular weight is 538 g/mol. The molecule has 0 spiro atoms. The molecule has 0 bridgehead atoms. The Morgan fingerprint density at radius 1 is 1.21 bits per heavy atom. The predicted octanol–water partition coefficient (Wildman–Crippen LogP) is 3.38. The van der Waals surface area contributed by atoms with Crippen LogP contribution in [-0.2, 0) is 26.5 Å². The smallest absolute Gasteiger partial charge is 0.264 e. The van der Waals surface area contributed by atoms with Crippen molar-refractivity contribution in [1.82, 2.24) is 4.90 Å². The van der Waals surface area contributed by atoms with Crippen LogP contribution >= 0.6 is 11.6 Å². The summed E-state index contributed by atoms with van der Waals surface area (Å²) in [4.78, 5) is 43.3. The molecule has 5 rings (SSSR count). The normalized spacial score (nSPS) is 23.8. The predicted molar refractivity (Wildman–Crippen MR) is 145 cm³/mol. The van der Waals surface area contributed by atoms with Crippen molar-refractivity contribution in [2.45, 2.75) is 50.8 Å². The molecule has 3 amide bonds. The zero-order chi connectivity index (χ0) is 27.0. The largest absolute Gasteiger partial charge is 0.394 e. The minimum atomic E-state index is -1.86. The van der Waals surface area contributed by atoms with Gasteiger partial charge in [0.2, 0.25) is 11.8 Å². The van der Waals surface area contributed by atoms with E-state index in [9.17, 15) is 24.6 Å². The molecule has 2 fully saturated rings. The molecule has 200 valence electrons. The first-order valence-electron chi connectivity index (χ1n) is 13.0. The van der Waals surface area contributed by atoms with Gasteiger partial charge in [-0.1, -0.05) is 42.8 Å². The van der Waals surface area contributed by atoms with Crippen molar-refractivity contribution in [2.24, 2.45) is 5.92 Å². The van der Waals surface area contributed by atoms with Crippen LogP contribution in [0.1, 0.15) is 43.7 Å². The number of carbonyl (C=O) groups is 3. The Hall–Kier alpha value is -3.20. The molecule has 3 aliphatic heterocycles. The van der Waals surface area contributed by atoms with Gasteiger partial charge in [-0.3, -0.25) is 14.4 Å². The van der Waals surface area contributed by atoms with Gasteiger partial charge in [0, 0.05) is 48.1 Å². The lowest BCUT2D eigenvalue weighted by molar-refractivity contribution is -0.139. The van der Waals surface area contributed by atoms with E-state index in [0.29, 0.717) is 35.8 Å². The van der Waals surface area contributed by atoms with Crippen molar-refractivity contribution < 1.29 is 24.6 Å². The maximum absolute atomic E-state index is 13.8. The fourth-order valence-corrected chi connectivity index (χ4v) is 5.83. The third-order valence-corrected chi connectivity index (χ3v) is 8.16. The standard InChI is InChI=1S/C29H32ClN3O5/c1-19(5-2-9-26(35)31-13-4-8-23(31)18-34)29(38)24-16-21(30)10-11-25(24)33(28(29)37)17-20-6-3-7-22(15-20)32-14-12-27(32)36/h2-3,5-7,10-11,15-16,19,23,34,38H,4,8-9,12-14,17-18H2,1H3/b5-2+/t19-,23+,29+/m1/s1. The highest BCUT2D eigenvalue weighted by molar-refractivity contribution is 6.31. The Morgan fingerprint density at radius 3 is 2.74 bits per heavy atom. The van der Waals surface area contributed by atoms with Gasteiger partial charge >= 0.3 is 0 Å². The van der Waals surface area contributed by atoms with E-state index in [2.05, 4.69) is 0 Å². The molecule has 3 atom stereocenters. The van der Waals surface area contributed by atoms with E-state index < -0.39 is 17.4 Å². The van der Waals surface area contributed by atoms with Gasteiger partial charge in [0.25, 0.3) is 5.91 Å². The van der Waals surface area contributed by atoms with Crippen LogP contribution in [0.2, 0.25) is 5.02 Å². The van der Waals surface area contributed by atoms with Crippen LogP contribution < -0.4 is 9.80 Å². The van der Waals surface area contributed by atoms with Crippen LogP contribution in [0.25, 0.3) is 0 Å². The number of carbonyl (C=O) groups excluding carboxylic acids is 3. The number of hydrogen-bond donors (Lipinski definition) is 2. The number of β-lactam (4-membered cyclic amide) rings is 1. The van der Waals surface area contributed by atoms with Crippen molar-refractivity contribution in [1.29, 1.82) is 0 Å². The number of likely N-dealkylation sites (tertiary alicyclic amines) is 1. The van der Waals surface area contributed by atoms with Gasteiger partial charge in [0.1, 0.15) is 0 Å². The van der Waals surface area contributed by atoms with E-state index in [1.165, 1.54) is 0 Å². The zero-order valence-electron chi connectivity index (χ0n) is 21.3. The van der Waals surface area contributed by atoms with Crippen molar-refractivity contribution in [3.63, 3.8) is 0 Å². The van der Waals surface area contributed by atoms with E-state index >= 15 is 0 Å². The van der Waals surface area contributed by atoms with Gasteiger partial charge in [0.15, 0.2) is 5.60 Å². The van der Waals surface area contributed by atoms with Crippen LogP contribution in [0.15, 0.2) is 54.6 Å². The van der Waals surface area contributed by atoms with Crippen LogP contribution in [0.5, 0.6) is 0 Å². The number of aliphatic hydroxyl groups is 2. The summed E-state index contributed by atoms with van der Waals surface area (Å²) in [5.41, 5.74) is 0.767. The molecule has 0 saturated carbocycles. The lowest BCUT2D eigenvalue weighted by Crippen LogP contribution is -2.44. The highest BCUT2D eigenvalue weighted by atomic mass is 35.5. The number of rotatable bonds is 8. The summed E-state index contributed by atoms with van der Waals surface area (Å²) in [7, 11) is 0. The first kappa shape index (κ1) is 26.4. The minimum absolute atomic E-state index is 0.0509. The Kier molecular flexibility index (Phi) is 7.31. The third kappa shape index (κ3) is 4.61. The highest BCUT2D eigenvalue weighted by Crippen LogP contribution is 2.46. The van der Waals surface area contributed by atoms with Gasteiger partial charge in [0.05, 0.1) is 24.9 Å². The van der Waals surface area contributed by atoms with E-state index in [1.54, 1.807) is 52.0 Å². The second-order valence-corrected chi connectivity index (χ2v) is 10.7. The van der Waals surface area contributed by atoms with E-state index in [0.717, 1.165) is 24.1 Å². The number of nitrogens with zero attached hydrogens (tertiary/aromatic N) is 3. The lowest BCUT2D eigenvalue weighted by Gasteiger charge is -2.31. The first-order chi connectivity index (χ1) is 18.2. The molecule has 3 aliphatic rings. The van der Waals surface area contributed by atoms with Gasteiger partial charge in [-0.15, -0.1) is 0 Å². The Labute approximate surface area is 227 Å². The Bertz CT molecular complexity index is 1300. The number of anilines is 2. The number of halogens is 1. The van der Waals surface area contributed by atoms with E-state index in [-0.39, 0.29) is 37.4 Å². The van der Waals surface area contributed by atoms with Crippen molar-refractivity contribution in [3.05, 3.63) is 70.8 Å². The number of aliphatic hydroxyl groups excluding tert-OH is 1. The quantitative estimate of drug-likeness (QED) is 0.397. The summed E-state index contributed by atoms with van der Waals surface area (Å²) in [6, 6.07) is 12.4. The Morgan fingerprint density at radius 2 is 2.03 bits per heavy atom. The van der Waals surface area contributed by atoms with Gasteiger partial charge in [-0.05, 0) is 48.7 Å². The minimum Gasteiger partial charge on any atom is -0.394 e. The van der Waals surface area contributed by atoms with Crippen LogP contribution in [0.4, 0.5) is 11.4 Å². The summed E-state index contributed by atoms with van der Waals surface area (Å²) in [6.07, 6.45) is 5.71. The van der Waals surface area contributed by atoms with Crippen LogP contribution in [0.3, 0.4) is 0 Å². The van der Waals surface area contributed by atoms with Crippen molar-refractivity contribution in [2.75, 3.05) is 29.5 Å². The second kappa shape index (κ2) is 10.5. The van der Waals surface area contributed by atoms with E-state index in [4.69, 9.17) is 11.6 Å². The molecule has 2 aromatic rings. The highest BCUT2D eigenvalue weighted by Gasteiger charge is 2.52. The summed E-state index contributed by atoms with van der Waals surface area (Å²) >= 11 is 6.28. The molecule has 0 radical (unpaired) electrons. The lowest BCUT2D eigenvalue weighted by atomic mass is 9.83. The fraction of sp³-hybridized carbons (Fsp3) is 0.414. The van der Waals surface area contributed by atoms with Crippen LogP contribution in [0, 0.1) is 5.92 Å². The average Bonchev–Trinajstić information content (AvgIpc) is 3.46. The topological polar surface area (TPSA) is 101 Å². The molecule has 2 N–H and O–H groups in total. The van der Waals surface area contributed by atoms with Gasteiger partial charge in [-0.25, -0.2) is 0 Å². The first-order valence-corrected chi connectivity index (χ1v) is 13.4. The second-order valence-electron chi connectivity index (χ2n) is 10.3. The molecular formula is C29H32ClN3O5. The van der Waals surface area contributed by atoms with E-state index in [1.807, 2.05) is 24.3 Å². The molecule has 8 nitrogen and oxygen atoms in total. The summed E-state index contributed by atoms with van der Waals surface area (Å²) in [6.45, 7) is 3.22. The molecule has 0 aliphatic carbocycles. The van der Waals surface area contributed by atoms with Crippen LogP contribution in [-0.4, -0.2) is 58.6 Å². The molecule has 2 aromatic carbocycles. The fourth-order valence-electron chi connectivity index (χ4n) is 5.65. The molecular weight excluding hydrogens is 506 g/mol. The summed E-state index contributed by atoms with van der Waals surface area (Å²) in [5.74, 6) is -1.12. The molecule has 9 heteroatoms. The summed E-state index contributed by atoms with van der Waals surface area (Å²) < 4.78 is 0. The maximum atomic E-state index is 13.8. The SMILES string of the molecule is C[C@H](/C=C/CC(=O)N1CCC[C@H]1CO)[C@@]1(O)C(=O)N(Cc2cccc(N3CCC3=O)c2)c2ccc(Cl)cc21. The molecule has 3 heterocycles. The third-order valence-electron chi connectivity index (χ3n) is 7.93. The molecule has 2 saturated heterocycles. The Balaban J connectivity index is 1.36.